The van der Waals surface area contributed by atoms with E-state index in [0.29, 0.717) is 38.6 Å². The van der Waals surface area contributed by atoms with Gasteiger partial charge in [-0.3, -0.25) is 4.79 Å². The molecule has 7 heteroatoms. The second kappa shape index (κ2) is 10.9. The first-order valence-electron chi connectivity index (χ1n) is 9.65. The first-order valence-corrected chi connectivity index (χ1v) is 10.4. The Morgan fingerprint density at radius 1 is 0.875 bits per heavy atom. The van der Waals surface area contributed by atoms with Crippen LogP contribution in [0.5, 0.6) is 23.0 Å². The molecule has 0 aliphatic carbocycles. The number of para-hydroxylation sites is 1. The van der Waals surface area contributed by atoms with Crippen molar-refractivity contribution in [2.75, 3.05) is 21.3 Å². The maximum atomic E-state index is 12.8. The first kappa shape index (κ1) is 23.5. The van der Waals surface area contributed by atoms with Gasteiger partial charge >= 0.3 is 0 Å². The van der Waals surface area contributed by atoms with Crippen molar-refractivity contribution in [1.29, 1.82) is 0 Å². The highest BCUT2D eigenvalue weighted by Crippen LogP contribution is 2.34. The molecule has 0 fully saturated rings. The van der Waals surface area contributed by atoms with E-state index in [1.807, 2.05) is 18.2 Å². The highest BCUT2D eigenvalue weighted by Gasteiger charge is 2.12. The van der Waals surface area contributed by atoms with Gasteiger partial charge in [0.05, 0.1) is 36.9 Å². The van der Waals surface area contributed by atoms with Gasteiger partial charge in [-0.05, 0) is 54.1 Å². The van der Waals surface area contributed by atoms with Gasteiger partial charge in [0.15, 0.2) is 11.5 Å². The van der Waals surface area contributed by atoms with E-state index >= 15 is 0 Å². The van der Waals surface area contributed by atoms with Crippen molar-refractivity contribution in [2.45, 2.75) is 6.61 Å². The smallest absolute Gasteiger partial charge is 0.189 e. The van der Waals surface area contributed by atoms with E-state index in [1.54, 1.807) is 56.7 Å². The second-order valence-electron chi connectivity index (χ2n) is 6.67. The van der Waals surface area contributed by atoms with Crippen molar-refractivity contribution in [1.82, 2.24) is 0 Å². The van der Waals surface area contributed by atoms with Gasteiger partial charge < -0.3 is 18.9 Å². The van der Waals surface area contributed by atoms with Crippen LogP contribution in [0.4, 0.5) is 0 Å². The summed E-state index contributed by atoms with van der Waals surface area (Å²) in [6, 6.07) is 15.8. The third kappa shape index (κ3) is 5.55. The van der Waals surface area contributed by atoms with Crippen molar-refractivity contribution in [3.8, 4) is 23.0 Å². The third-order valence-electron chi connectivity index (χ3n) is 4.69. The molecule has 166 valence electrons. The van der Waals surface area contributed by atoms with E-state index in [-0.39, 0.29) is 12.4 Å². The monoisotopic (exact) mass is 472 g/mol. The highest BCUT2D eigenvalue weighted by atomic mass is 35.5. The van der Waals surface area contributed by atoms with Crippen molar-refractivity contribution < 1.29 is 23.7 Å². The predicted molar refractivity (Wildman–Crippen MR) is 127 cm³/mol. The molecular weight excluding hydrogens is 451 g/mol. The normalized spacial score (nSPS) is 10.8. The lowest BCUT2D eigenvalue weighted by atomic mass is 10.1. The van der Waals surface area contributed by atoms with Crippen LogP contribution in [0, 0.1) is 0 Å². The Labute approximate surface area is 197 Å². The highest BCUT2D eigenvalue weighted by molar-refractivity contribution is 6.37. The number of ketones is 1. The Hall–Kier alpha value is -3.15. The summed E-state index contributed by atoms with van der Waals surface area (Å²) < 4.78 is 21.8. The lowest BCUT2D eigenvalue weighted by Crippen LogP contribution is -2.01. The molecule has 0 heterocycles. The van der Waals surface area contributed by atoms with Crippen molar-refractivity contribution in [3.05, 3.63) is 87.4 Å². The van der Waals surface area contributed by atoms with Crippen LogP contribution in [0.3, 0.4) is 0 Å². The van der Waals surface area contributed by atoms with E-state index in [2.05, 4.69) is 0 Å². The molecule has 0 unspecified atom stereocenters. The lowest BCUT2D eigenvalue weighted by molar-refractivity contribution is 0.104. The summed E-state index contributed by atoms with van der Waals surface area (Å²) in [5.74, 6) is 1.88. The zero-order chi connectivity index (χ0) is 23.1. The summed E-state index contributed by atoms with van der Waals surface area (Å²) in [5, 5.41) is 0.843. The Morgan fingerprint density at radius 2 is 1.56 bits per heavy atom. The van der Waals surface area contributed by atoms with E-state index in [1.165, 1.54) is 13.2 Å². The summed E-state index contributed by atoms with van der Waals surface area (Å²) >= 11 is 12.4. The van der Waals surface area contributed by atoms with Crippen LogP contribution in [0.1, 0.15) is 21.5 Å². The molecule has 0 aromatic heterocycles. The Morgan fingerprint density at radius 3 is 2.22 bits per heavy atom. The third-order valence-corrected chi connectivity index (χ3v) is 5.29. The van der Waals surface area contributed by atoms with Crippen LogP contribution in [0.25, 0.3) is 6.08 Å². The maximum absolute atomic E-state index is 12.8. The van der Waals surface area contributed by atoms with Crippen LogP contribution in [0.15, 0.2) is 60.7 Å². The molecule has 3 rings (SSSR count). The van der Waals surface area contributed by atoms with Gasteiger partial charge in [0.25, 0.3) is 0 Å². The standard InChI is InChI=1S/C25H22Cl2O5/c1-29-18-9-12-24(31-3)19(14-18)22(28)10-7-16-8-11-23(30-2)17(13-16)15-32-25-20(26)5-4-6-21(25)27/h4-14H,15H2,1-3H3/b10-7+. The lowest BCUT2D eigenvalue weighted by Gasteiger charge is -2.13. The maximum Gasteiger partial charge on any atom is 0.189 e. The molecule has 0 saturated heterocycles. The number of carbonyl (C=O) groups excluding carboxylic acids is 1. The number of ether oxygens (including phenoxy) is 4. The number of benzene rings is 3. The number of hydrogen-bond donors (Lipinski definition) is 0. The van der Waals surface area contributed by atoms with Crippen LogP contribution in [-0.4, -0.2) is 27.1 Å². The van der Waals surface area contributed by atoms with Gasteiger partial charge in [0, 0.05) is 5.56 Å². The molecule has 3 aromatic rings. The Balaban J connectivity index is 1.82. The zero-order valence-electron chi connectivity index (χ0n) is 17.9. The molecular formula is C25H22Cl2O5. The number of hydrogen-bond acceptors (Lipinski definition) is 5. The number of carbonyl (C=O) groups is 1. The summed E-state index contributed by atoms with van der Waals surface area (Å²) in [7, 11) is 4.64. The van der Waals surface area contributed by atoms with Crippen molar-refractivity contribution >= 4 is 35.1 Å². The van der Waals surface area contributed by atoms with Crippen molar-refractivity contribution in [2.24, 2.45) is 0 Å². The molecule has 0 N–H and O–H groups in total. The summed E-state index contributed by atoms with van der Waals surface area (Å²) in [5.41, 5.74) is 1.98. The average molecular weight is 473 g/mol. The molecule has 0 aliphatic heterocycles. The topological polar surface area (TPSA) is 54.0 Å². The van der Waals surface area contributed by atoms with E-state index in [9.17, 15) is 4.79 Å². The molecule has 0 radical (unpaired) electrons. The zero-order valence-corrected chi connectivity index (χ0v) is 19.4. The minimum absolute atomic E-state index is 0.186. The van der Waals surface area contributed by atoms with Gasteiger partial charge in [-0.2, -0.15) is 0 Å². The number of allylic oxidation sites excluding steroid dienone is 1. The van der Waals surface area contributed by atoms with E-state index in [4.69, 9.17) is 42.1 Å². The van der Waals surface area contributed by atoms with Crippen molar-refractivity contribution in [3.63, 3.8) is 0 Å². The predicted octanol–water partition coefficient (Wildman–Crippen LogP) is 6.49. The molecule has 0 spiro atoms. The minimum Gasteiger partial charge on any atom is -0.497 e. The van der Waals surface area contributed by atoms with Crippen LogP contribution >= 0.6 is 23.2 Å². The minimum atomic E-state index is -0.211. The molecule has 5 nitrogen and oxygen atoms in total. The van der Waals surface area contributed by atoms with Gasteiger partial charge in [-0.25, -0.2) is 0 Å². The van der Waals surface area contributed by atoms with Gasteiger partial charge in [-0.15, -0.1) is 0 Å². The fraction of sp³-hybridized carbons (Fsp3) is 0.160. The summed E-state index contributed by atoms with van der Waals surface area (Å²) in [6.45, 7) is 0.186. The largest absolute Gasteiger partial charge is 0.497 e. The summed E-state index contributed by atoms with van der Waals surface area (Å²) in [6.07, 6.45) is 3.20. The fourth-order valence-corrected chi connectivity index (χ4v) is 3.56. The molecule has 32 heavy (non-hydrogen) atoms. The average Bonchev–Trinajstić information content (AvgIpc) is 2.81. The molecule has 3 aromatic carbocycles. The number of halogens is 2. The van der Waals surface area contributed by atoms with Crippen LogP contribution in [-0.2, 0) is 6.61 Å². The quantitative estimate of drug-likeness (QED) is 0.263. The molecule has 0 saturated carbocycles. The number of methoxy groups -OCH3 is 3. The van der Waals surface area contributed by atoms with E-state index < -0.39 is 0 Å². The summed E-state index contributed by atoms with van der Waals surface area (Å²) in [4.78, 5) is 12.8. The SMILES string of the molecule is COc1ccc(OC)c(C(=O)/C=C/c2ccc(OC)c(COc3c(Cl)cccc3Cl)c2)c1. The molecule has 0 amide bonds. The molecule has 0 bridgehead atoms. The Kier molecular flexibility index (Phi) is 8.03. The van der Waals surface area contributed by atoms with Gasteiger partial charge in [-0.1, -0.05) is 41.4 Å². The molecule has 0 aliphatic rings. The van der Waals surface area contributed by atoms with Crippen LogP contribution < -0.4 is 18.9 Å². The molecule has 0 atom stereocenters. The van der Waals surface area contributed by atoms with Gasteiger partial charge in [0.2, 0.25) is 0 Å². The van der Waals surface area contributed by atoms with Crippen LogP contribution in [0.2, 0.25) is 10.0 Å². The van der Waals surface area contributed by atoms with E-state index in [0.717, 1.165) is 11.1 Å². The van der Waals surface area contributed by atoms with Gasteiger partial charge in [0.1, 0.15) is 23.9 Å². The second-order valence-corrected chi connectivity index (χ2v) is 7.49. The fourth-order valence-electron chi connectivity index (χ4n) is 3.05. The number of rotatable bonds is 9. The Bertz CT molecular complexity index is 1120. The first-order chi connectivity index (χ1) is 15.5.